The van der Waals surface area contributed by atoms with Gasteiger partial charge in [0.25, 0.3) is 0 Å². The minimum atomic E-state index is -3.80. The van der Waals surface area contributed by atoms with Crippen molar-refractivity contribution in [1.82, 2.24) is 10.2 Å². The number of sulfonamides is 1. The first-order chi connectivity index (χ1) is 19.5. The molecule has 1 aliphatic rings. The lowest BCUT2D eigenvalue weighted by Crippen LogP contribution is -2.54. The SMILES string of the molecule is Cc1ccc(N(CC(=O)N(Cc2ccc(Br)cc2)[C@H](Cc2ccccc2)C(=O)NC2CCCC2)S(C)(=O)=O)c(C)c1. The predicted octanol–water partition coefficient (Wildman–Crippen LogP) is 5.53. The van der Waals surface area contributed by atoms with E-state index in [1.54, 1.807) is 11.0 Å². The van der Waals surface area contributed by atoms with Crippen LogP contribution in [0.5, 0.6) is 0 Å². The number of hydrogen-bond donors (Lipinski definition) is 1. The molecule has 3 aromatic carbocycles. The van der Waals surface area contributed by atoms with Crippen molar-refractivity contribution in [1.29, 1.82) is 0 Å². The number of carbonyl (C=O) groups is 2. The van der Waals surface area contributed by atoms with Gasteiger partial charge in [0, 0.05) is 23.5 Å². The molecule has 3 aromatic rings. The fourth-order valence-corrected chi connectivity index (χ4v) is 6.56. The monoisotopic (exact) mass is 639 g/mol. The summed E-state index contributed by atoms with van der Waals surface area (Å²) < 4.78 is 28.1. The predicted molar refractivity (Wildman–Crippen MR) is 167 cm³/mol. The minimum absolute atomic E-state index is 0.0770. The molecule has 9 heteroatoms. The summed E-state index contributed by atoms with van der Waals surface area (Å²) in [6, 6.07) is 21.9. The van der Waals surface area contributed by atoms with Crippen molar-refractivity contribution in [2.45, 2.75) is 64.6 Å². The second kappa shape index (κ2) is 13.7. The Morgan fingerprint density at radius 2 is 1.61 bits per heavy atom. The molecule has 1 N–H and O–H groups in total. The van der Waals surface area contributed by atoms with E-state index in [2.05, 4.69) is 21.2 Å². The van der Waals surface area contributed by atoms with Gasteiger partial charge in [0.15, 0.2) is 0 Å². The largest absolute Gasteiger partial charge is 0.352 e. The molecule has 0 aromatic heterocycles. The average molecular weight is 641 g/mol. The van der Waals surface area contributed by atoms with Crippen molar-refractivity contribution in [3.05, 3.63) is 99.5 Å². The first kappa shape index (κ1) is 30.8. The Morgan fingerprint density at radius 1 is 0.951 bits per heavy atom. The van der Waals surface area contributed by atoms with Crippen LogP contribution in [0.15, 0.2) is 77.3 Å². The maximum Gasteiger partial charge on any atom is 0.244 e. The summed E-state index contributed by atoms with van der Waals surface area (Å²) in [5, 5.41) is 3.19. The molecule has 2 amide bonds. The molecule has 1 atom stereocenters. The molecular weight excluding hydrogens is 602 g/mol. The van der Waals surface area contributed by atoms with Crippen LogP contribution in [0.3, 0.4) is 0 Å². The molecular formula is C32H38BrN3O4S. The summed E-state index contributed by atoms with van der Waals surface area (Å²) in [4.78, 5) is 29.7. The fraction of sp³-hybridized carbons (Fsp3) is 0.375. The summed E-state index contributed by atoms with van der Waals surface area (Å²) in [7, 11) is -3.80. The molecule has 41 heavy (non-hydrogen) atoms. The molecule has 1 saturated carbocycles. The third kappa shape index (κ3) is 8.42. The smallest absolute Gasteiger partial charge is 0.244 e. The number of rotatable bonds is 11. The standard InChI is InChI=1S/C32H38BrN3O4S/c1-23-13-18-29(24(2)19-23)36(41(3,39)40)22-31(37)35(21-26-14-16-27(33)17-15-26)30(20-25-9-5-4-6-10-25)32(38)34-28-11-7-8-12-28/h4-6,9-10,13-19,28,30H,7-8,11-12,20-22H2,1-3H3,(H,34,38)/t30-/m1/s1. The van der Waals surface area contributed by atoms with Gasteiger partial charge < -0.3 is 10.2 Å². The van der Waals surface area contributed by atoms with Crippen molar-refractivity contribution >= 4 is 43.5 Å². The van der Waals surface area contributed by atoms with Gasteiger partial charge in [-0.05, 0) is 61.6 Å². The molecule has 0 aliphatic heterocycles. The van der Waals surface area contributed by atoms with Crippen LogP contribution in [0.4, 0.5) is 5.69 Å². The zero-order valence-electron chi connectivity index (χ0n) is 23.8. The molecule has 0 radical (unpaired) electrons. The molecule has 1 aliphatic carbocycles. The zero-order chi connectivity index (χ0) is 29.6. The van der Waals surface area contributed by atoms with Gasteiger partial charge >= 0.3 is 0 Å². The number of amides is 2. The second-order valence-electron chi connectivity index (χ2n) is 10.9. The Labute approximate surface area is 252 Å². The van der Waals surface area contributed by atoms with Gasteiger partial charge in [0.1, 0.15) is 12.6 Å². The van der Waals surface area contributed by atoms with Crippen LogP contribution in [-0.2, 0) is 32.6 Å². The normalized spacial score (nSPS) is 14.4. The first-order valence-electron chi connectivity index (χ1n) is 13.9. The highest BCUT2D eigenvalue weighted by atomic mass is 79.9. The van der Waals surface area contributed by atoms with Gasteiger partial charge in [-0.2, -0.15) is 0 Å². The molecule has 0 saturated heterocycles. The molecule has 0 heterocycles. The number of carbonyl (C=O) groups excluding carboxylic acids is 2. The van der Waals surface area contributed by atoms with Crippen molar-refractivity contribution in [2.24, 2.45) is 0 Å². The maximum absolute atomic E-state index is 14.2. The van der Waals surface area contributed by atoms with Gasteiger partial charge in [0.05, 0.1) is 11.9 Å². The van der Waals surface area contributed by atoms with Crippen molar-refractivity contribution < 1.29 is 18.0 Å². The number of halogens is 1. The Kier molecular flexibility index (Phi) is 10.3. The van der Waals surface area contributed by atoms with E-state index in [9.17, 15) is 18.0 Å². The molecule has 218 valence electrons. The third-order valence-corrected chi connectivity index (χ3v) is 9.19. The van der Waals surface area contributed by atoms with Crippen LogP contribution >= 0.6 is 15.9 Å². The van der Waals surface area contributed by atoms with E-state index in [-0.39, 0.29) is 18.5 Å². The number of anilines is 1. The third-order valence-electron chi connectivity index (χ3n) is 7.54. The molecule has 0 unspecified atom stereocenters. The van der Waals surface area contributed by atoms with Crippen LogP contribution in [0.25, 0.3) is 0 Å². The lowest BCUT2D eigenvalue weighted by atomic mass is 10.0. The Balaban J connectivity index is 1.73. The van der Waals surface area contributed by atoms with Gasteiger partial charge in [-0.1, -0.05) is 88.9 Å². The number of aryl methyl sites for hydroxylation is 2. The van der Waals surface area contributed by atoms with E-state index >= 15 is 0 Å². The lowest BCUT2D eigenvalue weighted by Gasteiger charge is -2.34. The highest BCUT2D eigenvalue weighted by Crippen LogP contribution is 2.25. The van der Waals surface area contributed by atoms with E-state index in [1.807, 2.05) is 80.6 Å². The van der Waals surface area contributed by atoms with Gasteiger partial charge in [-0.25, -0.2) is 8.42 Å². The highest BCUT2D eigenvalue weighted by molar-refractivity contribution is 9.10. The van der Waals surface area contributed by atoms with Gasteiger partial charge in [-0.15, -0.1) is 0 Å². The summed E-state index contributed by atoms with van der Waals surface area (Å²) >= 11 is 3.46. The molecule has 4 rings (SSSR count). The number of nitrogens with one attached hydrogen (secondary N) is 1. The van der Waals surface area contributed by atoms with Gasteiger partial charge in [0.2, 0.25) is 21.8 Å². The fourth-order valence-electron chi connectivity index (χ4n) is 5.39. The number of nitrogens with zero attached hydrogens (tertiary/aromatic N) is 2. The summed E-state index contributed by atoms with van der Waals surface area (Å²) in [6.45, 7) is 3.51. The molecule has 0 bridgehead atoms. The van der Waals surface area contributed by atoms with Crippen molar-refractivity contribution in [3.63, 3.8) is 0 Å². The second-order valence-corrected chi connectivity index (χ2v) is 13.7. The summed E-state index contributed by atoms with van der Waals surface area (Å²) in [6.07, 6.45) is 5.37. The van der Waals surface area contributed by atoms with E-state index in [0.29, 0.717) is 12.1 Å². The van der Waals surface area contributed by atoms with Crippen LogP contribution in [0.1, 0.15) is 47.9 Å². The quantitative estimate of drug-likeness (QED) is 0.299. The summed E-state index contributed by atoms with van der Waals surface area (Å²) in [5.41, 5.74) is 3.95. The number of benzene rings is 3. The Hall–Kier alpha value is -3.17. The summed E-state index contributed by atoms with van der Waals surface area (Å²) in [5.74, 6) is -0.663. The van der Waals surface area contributed by atoms with Crippen LogP contribution in [0.2, 0.25) is 0 Å². The zero-order valence-corrected chi connectivity index (χ0v) is 26.2. The molecule has 0 spiro atoms. The van der Waals surface area contributed by atoms with E-state index in [4.69, 9.17) is 0 Å². The van der Waals surface area contributed by atoms with E-state index < -0.39 is 28.5 Å². The van der Waals surface area contributed by atoms with E-state index in [0.717, 1.165) is 63.0 Å². The van der Waals surface area contributed by atoms with Crippen molar-refractivity contribution in [3.8, 4) is 0 Å². The van der Waals surface area contributed by atoms with Gasteiger partial charge in [-0.3, -0.25) is 13.9 Å². The van der Waals surface area contributed by atoms with E-state index in [1.165, 1.54) is 0 Å². The topological polar surface area (TPSA) is 86.8 Å². The maximum atomic E-state index is 14.2. The Bertz CT molecular complexity index is 1460. The molecule has 7 nitrogen and oxygen atoms in total. The average Bonchev–Trinajstić information content (AvgIpc) is 3.43. The van der Waals surface area contributed by atoms with Crippen LogP contribution < -0.4 is 9.62 Å². The first-order valence-corrected chi connectivity index (χ1v) is 16.6. The Morgan fingerprint density at radius 3 is 2.22 bits per heavy atom. The van der Waals surface area contributed by atoms with Crippen LogP contribution in [-0.4, -0.2) is 50.0 Å². The van der Waals surface area contributed by atoms with Crippen molar-refractivity contribution in [2.75, 3.05) is 17.1 Å². The van der Waals surface area contributed by atoms with Crippen LogP contribution in [0, 0.1) is 13.8 Å². The number of hydrogen-bond acceptors (Lipinski definition) is 4. The highest BCUT2D eigenvalue weighted by Gasteiger charge is 2.34. The minimum Gasteiger partial charge on any atom is -0.352 e. The molecule has 1 fully saturated rings. The lowest BCUT2D eigenvalue weighted by molar-refractivity contribution is -0.140.